The van der Waals surface area contributed by atoms with Crippen molar-refractivity contribution in [2.75, 3.05) is 6.61 Å². The molecule has 0 N–H and O–H groups in total. The zero-order chi connectivity index (χ0) is 13.2. The van der Waals surface area contributed by atoms with Crippen molar-refractivity contribution in [3.8, 4) is 0 Å². The molecule has 1 aromatic carbocycles. The topological polar surface area (TPSA) is 35.5 Å². The minimum Gasteiger partial charge on any atom is -0.305 e. The second-order valence-electron chi connectivity index (χ2n) is 4.69. The van der Waals surface area contributed by atoms with E-state index in [0.717, 1.165) is 10.0 Å². The lowest BCUT2D eigenvalue weighted by molar-refractivity contribution is 0.133. The van der Waals surface area contributed by atoms with Gasteiger partial charge in [-0.25, -0.2) is 0 Å². The van der Waals surface area contributed by atoms with E-state index in [9.17, 15) is 4.57 Å². The molecule has 0 aromatic heterocycles. The van der Waals surface area contributed by atoms with Crippen LogP contribution in [0.25, 0.3) is 0 Å². The minimum absolute atomic E-state index is 0.401. The Bertz CT molecular complexity index is 496. The molecule has 1 heterocycles. The molecular weight excluding hydrogens is 362 g/mol. The Labute approximate surface area is 121 Å². The summed E-state index contributed by atoms with van der Waals surface area (Å²) in [4.78, 5) is 0. The van der Waals surface area contributed by atoms with Gasteiger partial charge in [-0.2, -0.15) is 0 Å². The average Bonchev–Trinajstić information content (AvgIpc) is 2.49. The van der Waals surface area contributed by atoms with E-state index in [4.69, 9.17) is 9.05 Å². The van der Waals surface area contributed by atoms with E-state index in [1.807, 2.05) is 44.2 Å². The lowest BCUT2D eigenvalue weighted by Gasteiger charge is -2.20. The Morgan fingerprint density at radius 3 is 2.56 bits per heavy atom. The van der Waals surface area contributed by atoms with Gasteiger partial charge in [0.05, 0.1) is 6.61 Å². The molecule has 1 unspecified atom stereocenters. The SMILES string of the molecule is CC1(C)OP(=O)(OCCc2ccccc2)C=C1I. The maximum atomic E-state index is 12.3. The third-order valence-corrected chi connectivity index (χ3v) is 6.64. The van der Waals surface area contributed by atoms with Crippen LogP contribution in [0.5, 0.6) is 0 Å². The minimum atomic E-state index is -3.05. The van der Waals surface area contributed by atoms with Gasteiger partial charge in [-0.1, -0.05) is 30.3 Å². The molecule has 1 aliphatic heterocycles. The lowest BCUT2D eigenvalue weighted by atomic mass is 10.1. The molecule has 1 aliphatic rings. The van der Waals surface area contributed by atoms with E-state index in [0.29, 0.717) is 6.61 Å². The molecular formula is C13H16IO3P. The van der Waals surface area contributed by atoms with Crippen molar-refractivity contribution in [1.29, 1.82) is 0 Å². The van der Waals surface area contributed by atoms with Crippen molar-refractivity contribution in [2.24, 2.45) is 0 Å². The Hall–Kier alpha value is -0.160. The number of rotatable bonds is 4. The number of halogens is 1. The molecule has 98 valence electrons. The number of hydrogen-bond donors (Lipinski definition) is 0. The fourth-order valence-corrected chi connectivity index (χ4v) is 4.84. The third kappa shape index (κ3) is 3.44. The summed E-state index contributed by atoms with van der Waals surface area (Å²) in [6.07, 6.45) is 0.735. The van der Waals surface area contributed by atoms with Crippen molar-refractivity contribution in [3.63, 3.8) is 0 Å². The fourth-order valence-electron chi connectivity index (χ4n) is 1.68. The molecule has 18 heavy (non-hydrogen) atoms. The number of benzene rings is 1. The summed E-state index contributed by atoms with van der Waals surface area (Å²) in [5.41, 5.74) is 0.671. The Morgan fingerprint density at radius 1 is 1.33 bits per heavy atom. The van der Waals surface area contributed by atoms with Gasteiger partial charge in [-0.15, -0.1) is 0 Å². The fraction of sp³-hybridized carbons (Fsp3) is 0.385. The number of hydrogen-bond acceptors (Lipinski definition) is 3. The summed E-state index contributed by atoms with van der Waals surface area (Å²) in [7, 11) is -3.05. The van der Waals surface area contributed by atoms with Crippen molar-refractivity contribution in [1.82, 2.24) is 0 Å². The van der Waals surface area contributed by atoms with Gasteiger partial charge in [0, 0.05) is 9.40 Å². The zero-order valence-electron chi connectivity index (χ0n) is 10.4. The van der Waals surface area contributed by atoms with E-state index in [1.54, 1.807) is 5.82 Å². The van der Waals surface area contributed by atoms with Gasteiger partial charge in [0.1, 0.15) is 5.60 Å². The molecule has 0 aliphatic carbocycles. The molecule has 0 spiro atoms. The van der Waals surface area contributed by atoms with Crippen LogP contribution in [0.3, 0.4) is 0 Å². The molecule has 0 saturated carbocycles. The molecule has 1 atom stereocenters. The van der Waals surface area contributed by atoms with Crippen LogP contribution in [-0.4, -0.2) is 12.2 Å². The molecule has 2 rings (SSSR count). The molecule has 0 radical (unpaired) electrons. The normalized spacial score (nSPS) is 26.1. The summed E-state index contributed by atoms with van der Waals surface area (Å²) < 4.78 is 24.2. The highest BCUT2D eigenvalue weighted by Gasteiger charge is 2.41. The van der Waals surface area contributed by atoms with Crippen LogP contribution in [0.2, 0.25) is 0 Å². The Balaban J connectivity index is 1.91. The molecule has 0 amide bonds. The zero-order valence-corrected chi connectivity index (χ0v) is 13.5. The highest BCUT2D eigenvalue weighted by molar-refractivity contribution is 14.1. The highest BCUT2D eigenvalue weighted by Crippen LogP contribution is 2.62. The van der Waals surface area contributed by atoms with Gasteiger partial charge in [-0.05, 0) is 48.4 Å². The highest BCUT2D eigenvalue weighted by atomic mass is 127. The van der Waals surface area contributed by atoms with E-state index in [1.165, 1.54) is 5.56 Å². The average molecular weight is 378 g/mol. The standard InChI is InChI=1S/C13H16IO3P/c1-13(2)12(14)10-18(15,17-13)16-9-8-11-6-4-3-5-7-11/h3-7,10H,8-9H2,1-2H3. The smallest absolute Gasteiger partial charge is 0.305 e. The maximum Gasteiger partial charge on any atom is 0.355 e. The molecule has 3 nitrogen and oxygen atoms in total. The van der Waals surface area contributed by atoms with E-state index < -0.39 is 13.2 Å². The second kappa shape index (κ2) is 5.45. The van der Waals surface area contributed by atoms with Gasteiger partial charge in [0.15, 0.2) is 0 Å². The summed E-state index contributed by atoms with van der Waals surface area (Å²) in [6, 6.07) is 9.99. The predicted molar refractivity (Wildman–Crippen MR) is 81.0 cm³/mol. The molecule has 5 heteroatoms. The monoisotopic (exact) mass is 378 g/mol. The Kier molecular flexibility index (Phi) is 4.32. The molecule has 0 saturated heterocycles. The summed E-state index contributed by atoms with van der Waals surface area (Å²) in [5.74, 6) is 1.62. The van der Waals surface area contributed by atoms with Crippen LogP contribution >= 0.6 is 30.2 Å². The first-order chi connectivity index (χ1) is 8.41. The van der Waals surface area contributed by atoms with Gasteiger partial charge < -0.3 is 4.52 Å². The van der Waals surface area contributed by atoms with E-state index >= 15 is 0 Å². The van der Waals surface area contributed by atoms with E-state index in [2.05, 4.69) is 22.6 Å². The van der Waals surface area contributed by atoms with Gasteiger partial charge in [0.25, 0.3) is 0 Å². The largest absolute Gasteiger partial charge is 0.355 e. The third-order valence-electron chi connectivity index (χ3n) is 2.71. The van der Waals surface area contributed by atoms with Crippen LogP contribution in [0.15, 0.2) is 39.7 Å². The van der Waals surface area contributed by atoms with Crippen molar-refractivity contribution in [2.45, 2.75) is 25.9 Å². The lowest BCUT2D eigenvalue weighted by Crippen LogP contribution is -2.18. The van der Waals surface area contributed by atoms with Crippen LogP contribution in [-0.2, 0) is 20.0 Å². The first-order valence-electron chi connectivity index (χ1n) is 5.79. The van der Waals surface area contributed by atoms with Crippen LogP contribution in [0.1, 0.15) is 19.4 Å². The van der Waals surface area contributed by atoms with E-state index in [-0.39, 0.29) is 0 Å². The van der Waals surface area contributed by atoms with Crippen molar-refractivity contribution < 1.29 is 13.6 Å². The Morgan fingerprint density at radius 2 is 2.00 bits per heavy atom. The molecule has 0 fully saturated rings. The maximum absolute atomic E-state index is 12.3. The second-order valence-corrected chi connectivity index (χ2v) is 7.63. The van der Waals surface area contributed by atoms with Crippen molar-refractivity contribution in [3.05, 3.63) is 45.3 Å². The summed E-state index contributed by atoms with van der Waals surface area (Å²) in [5, 5.41) is 0. The quantitative estimate of drug-likeness (QED) is 0.571. The molecule has 0 bridgehead atoms. The van der Waals surface area contributed by atoms with Crippen molar-refractivity contribution >= 4 is 30.2 Å². The van der Waals surface area contributed by atoms with Crippen LogP contribution in [0.4, 0.5) is 0 Å². The predicted octanol–water partition coefficient (Wildman–Crippen LogP) is 4.52. The summed E-state index contributed by atoms with van der Waals surface area (Å²) in [6.45, 7) is 4.19. The van der Waals surface area contributed by atoms with Gasteiger partial charge in [-0.3, -0.25) is 9.09 Å². The van der Waals surface area contributed by atoms with Crippen LogP contribution in [0, 0.1) is 0 Å². The van der Waals surface area contributed by atoms with Gasteiger partial charge in [0.2, 0.25) is 0 Å². The first kappa shape index (κ1) is 14.3. The van der Waals surface area contributed by atoms with Gasteiger partial charge >= 0.3 is 7.60 Å². The first-order valence-corrected chi connectivity index (χ1v) is 8.48. The molecule has 1 aromatic rings. The van der Waals surface area contributed by atoms with Crippen LogP contribution < -0.4 is 0 Å². The summed E-state index contributed by atoms with van der Waals surface area (Å²) >= 11 is 2.15.